The fourth-order valence-corrected chi connectivity index (χ4v) is 4.39. The molecule has 0 spiro atoms. The maximum Gasteiger partial charge on any atom is 0.410 e. The van der Waals surface area contributed by atoms with Crippen molar-refractivity contribution in [3.05, 3.63) is 35.9 Å². The number of likely N-dealkylation sites (tertiary alicyclic amines) is 1. The van der Waals surface area contributed by atoms with E-state index < -0.39 is 58.9 Å². The molecule has 11 nitrogen and oxygen atoms in total. The Morgan fingerprint density at radius 3 is 2.15 bits per heavy atom. The molecule has 4 amide bonds. The highest BCUT2D eigenvalue weighted by Gasteiger charge is 2.39. The van der Waals surface area contributed by atoms with Crippen molar-refractivity contribution in [1.82, 2.24) is 20.9 Å². The molecule has 0 aromatic heterocycles. The predicted molar refractivity (Wildman–Crippen MR) is 153 cm³/mol. The van der Waals surface area contributed by atoms with Crippen LogP contribution in [0.15, 0.2) is 30.3 Å². The van der Waals surface area contributed by atoms with Crippen LogP contribution in [0.25, 0.3) is 0 Å². The summed E-state index contributed by atoms with van der Waals surface area (Å²) >= 11 is 0. The molecular formula is C30H46N4O7. The number of amides is 4. The fraction of sp³-hybridized carbons (Fsp3) is 0.633. The minimum Gasteiger partial charge on any atom is -0.459 e. The summed E-state index contributed by atoms with van der Waals surface area (Å²) in [4.78, 5) is 65.9. The minimum atomic E-state index is -0.994. The third-order valence-electron chi connectivity index (χ3n) is 6.48. The van der Waals surface area contributed by atoms with Gasteiger partial charge in [-0.1, -0.05) is 65.0 Å². The van der Waals surface area contributed by atoms with Gasteiger partial charge in [0.05, 0.1) is 0 Å². The van der Waals surface area contributed by atoms with E-state index in [0.717, 1.165) is 5.56 Å². The molecule has 1 fully saturated rings. The molecule has 0 radical (unpaired) electrons. The second-order valence-electron chi connectivity index (χ2n) is 12.7. The van der Waals surface area contributed by atoms with E-state index in [1.807, 2.05) is 30.3 Å². The Kier molecular flexibility index (Phi) is 11.7. The summed E-state index contributed by atoms with van der Waals surface area (Å²) in [7, 11) is 0. The van der Waals surface area contributed by atoms with Crippen molar-refractivity contribution in [1.29, 1.82) is 0 Å². The lowest BCUT2D eigenvalue weighted by Gasteiger charge is -2.33. The zero-order valence-corrected chi connectivity index (χ0v) is 25.5. The smallest absolute Gasteiger partial charge is 0.410 e. The Morgan fingerprint density at radius 2 is 1.59 bits per heavy atom. The van der Waals surface area contributed by atoms with Gasteiger partial charge in [0.2, 0.25) is 17.7 Å². The summed E-state index contributed by atoms with van der Waals surface area (Å²) < 4.78 is 10.7. The second kappa shape index (κ2) is 14.3. The van der Waals surface area contributed by atoms with Gasteiger partial charge in [0.15, 0.2) is 0 Å². The normalized spacial score (nSPS) is 16.9. The Balaban J connectivity index is 2.04. The number of nitrogens with one attached hydrogen (secondary N) is 3. The maximum absolute atomic E-state index is 13.4. The summed E-state index contributed by atoms with van der Waals surface area (Å²) in [5.41, 5.74) is -0.569. The van der Waals surface area contributed by atoms with Crippen molar-refractivity contribution in [3.63, 3.8) is 0 Å². The van der Waals surface area contributed by atoms with Crippen molar-refractivity contribution in [2.45, 2.75) is 98.6 Å². The number of hydrogen-bond donors (Lipinski definition) is 3. The molecule has 0 saturated carbocycles. The van der Waals surface area contributed by atoms with Crippen LogP contribution in [-0.4, -0.2) is 71.5 Å². The monoisotopic (exact) mass is 574 g/mol. The van der Waals surface area contributed by atoms with Crippen LogP contribution < -0.4 is 16.0 Å². The van der Waals surface area contributed by atoms with E-state index in [4.69, 9.17) is 9.47 Å². The summed E-state index contributed by atoms with van der Waals surface area (Å²) in [6, 6.07) is 6.52. The number of carbonyl (C=O) groups excluding carboxylic acids is 5. The number of carbonyl (C=O) groups is 5. The molecule has 1 aliphatic rings. The molecule has 1 saturated heterocycles. The van der Waals surface area contributed by atoms with Crippen molar-refractivity contribution >= 4 is 29.8 Å². The van der Waals surface area contributed by atoms with Gasteiger partial charge in [0.1, 0.15) is 36.9 Å². The molecule has 228 valence electrons. The summed E-state index contributed by atoms with van der Waals surface area (Å²) in [6.07, 6.45) is 0.476. The maximum atomic E-state index is 13.4. The zero-order chi connectivity index (χ0) is 31.0. The van der Waals surface area contributed by atoms with Crippen LogP contribution in [0.4, 0.5) is 4.79 Å². The summed E-state index contributed by atoms with van der Waals surface area (Å²) in [5.74, 6) is -2.47. The number of nitrogens with zero attached hydrogens (tertiary/aromatic N) is 1. The Labute approximate surface area is 243 Å². The predicted octanol–water partition coefficient (Wildman–Crippen LogP) is 2.92. The summed E-state index contributed by atoms with van der Waals surface area (Å²) in [6.45, 7) is 14.2. The van der Waals surface area contributed by atoms with Crippen molar-refractivity contribution in [3.8, 4) is 0 Å². The van der Waals surface area contributed by atoms with Crippen LogP contribution in [-0.2, 0) is 35.3 Å². The molecule has 3 atom stereocenters. The highest BCUT2D eigenvalue weighted by molar-refractivity contribution is 5.95. The topological polar surface area (TPSA) is 143 Å². The molecule has 2 rings (SSSR count). The van der Waals surface area contributed by atoms with Gasteiger partial charge in [0, 0.05) is 6.54 Å². The Morgan fingerprint density at radius 1 is 0.951 bits per heavy atom. The van der Waals surface area contributed by atoms with Crippen LogP contribution in [0.3, 0.4) is 0 Å². The molecule has 3 N–H and O–H groups in total. The third-order valence-corrected chi connectivity index (χ3v) is 6.48. The average Bonchev–Trinajstić information content (AvgIpc) is 3.36. The Hall–Kier alpha value is -3.63. The van der Waals surface area contributed by atoms with E-state index >= 15 is 0 Å². The number of rotatable bonds is 10. The van der Waals surface area contributed by atoms with E-state index in [1.165, 1.54) is 4.90 Å². The zero-order valence-electron chi connectivity index (χ0n) is 25.5. The highest BCUT2D eigenvalue weighted by atomic mass is 16.6. The van der Waals surface area contributed by atoms with Crippen LogP contribution in [0, 0.1) is 11.3 Å². The molecule has 1 aromatic rings. The van der Waals surface area contributed by atoms with Crippen LogP contribution in [0.5, 0.6) is 0 Å². The minimum absolute atomic E-state index is 0.0890. The van der Waals surface area contributed by atoms with E-state index in [9.17, 15) is 24.0 Å². The Bertz CT molecular complexity index is 1080. The molecule has 1 aromatic carbocycles. The standard InChI is InChI=1S/C30H46N4O7/c1-19(2)23(26(37)33-24(29(3,4)5)27(38)31-17-22(35)41-30(6,7)8)32-25(36)21-15-12-16-34(21)28(39)40-18-20-13-10-9-11-14-20/h9-11,13-14,19,21,23-24H,12,15-18H2,1-8H3,(H,31,38)(H,32,36)(H,33,37)/t21?,23-,24?/m0/s1. The van der Waals surface area contributed by atoms with Crippen LogP contribution in [0.1, 0.15) is 73.8 Å². The highest BCUT2D eigenvalue weighted by Crippen LogP contribution is 2.22. The lowest BCUT2D eigenvalue weighted by atomic mass is 9.85. The molecule has 2 unspecified atom stereocenters. The summed E-state index contributed by atoms with van der Waals surface area (Å²) in [5, 5.41) is 8.08. The largest absolute Gasteiger partial charge is 0.459 e. The first-order valence-corrected chi connectivity index (χ1v) is 14.1. The molecular weight excluding hydrogens is 528 g/mol. The lowest BCUT2D eigenvalue weighted by Crippen LogP contribution is -2.60. The van der Waals surface area contributed by atoms with Gasteiger partial charge in [-0.15, -0.1) is 0 Å². The molecule has 41 heavy (non-hydrogen) atoms. The van der Waals surface area contributed by atoms with Crippen LogP contribution in [0.2, 0.25) is 0 Å². The fourth-order valence-electron chi connectivity index (χ4n) is 4.39. The molecule has 0 aliphatic carbocycles. The van der Waals surface area contributed by atoms with Gasteiger partial charge in [0.25, 0.3) is 0 Å². The van der Waals surface area contributed by atoms with Crippen molar-refractivity contribution < 1.29 is 33.4 Å². The van der Waals surface area contributed by atoms with Crippen molar-refractivity contribution in [2.24, 2.45) is 11.3 Å². The van der Waals surface area contributed by atoms with Gasteiger partial charge in [-0.3, -0.25) is 24.1 Å². The van der Waals surface area contributed by atoms with Crippen LogP contribution >= 0.6 is 0 Å². The van der Waals surface area contributed by atoms with Gasteiger partial charge < -0.3 is 25.4 Å². The van der Waals surface area contributed by atoms with E-state index in [-0.39, 0.29) is 19.1 Å². The third kappa shape index (κ3) is 10.7. The number of ether oxygens (including phenoxy) is 2. The quantitative estimate of drug-likeness (QED) is 0.365. The lowest BCUT2D eigenvalue weighted by molar-refractivity contribution is -0.154. The van der Waals surface area contributed by atoms with E-state index in [0.29, 0.717) is 19.4 Å². The molecule has 1 aliphatic heterocycles. The number of esters is 1. The second-order valence-corrected chi connectivity index (χ2v) is 12.7. The first-order valence-electron chi connectivity index (χ1n) is 14.1. The number of hydrogen-bond acceptors (Lipinski definition) is 7. The van der Waals surface area contributed by atoms with E-state index in [2.05, 4.69) is 16.0 Å². The van der Waals surface area contributed by atoms with E-state index in [1.54, 1.807) is 55.4 Å². The van der Waals surface area contributed by atoms with Gasteiger partial charge in [-0.25, -0.2) is 4.79 Å². The SMILES string of the molecule is CC(C)[C@H](NC(=O)C1CCCN1C(=O)OCc1ccccc1)C(=O)NC(C(=O)NCC(=O)OC(C)(C)C)C(C)(C)C. The molecule has 0 bridgehead atoms. The average molecular weight is 575 g/mol. The first kappa shape index (κ1) is 33.6. The van der Waals surface area contributed by atoms with Crippen molar-refractivity contribution in [2.75, 3.05) is 13.1 Å². The number of benzene rings is 1. The van der Waals surface area contributed by atoms with Gasteiger partial charge in [-0.05, 0) is 50.5 Å². The van der Waals surface area contributed by atoms with Gasteiger partial charge in [-0.2, -0.15) is 0 Å². The molecule has 1 heterocycles. The van der Waals surface area contributed by atoms with Gasteiger partial charge >= 0.3 is 12.1 Å². The molecule has 11 heteroatoms. The first-order chi connectivity index (χ1) is 19.0.